The zero-order valence-electron chi connectivity index (χ0n) is 48.6. The number of carbonyl (C=O) groups excluding carboxylic acids is 1. The summed E-state index contributed by atoms with van der Waals surface area (Å²) in [7, 11) is 1.62. The zero-order chi connectivity index (χ0) is 53.5. The quantitative estimate of drug-likeness (QED) is 0.0243. The van der Waals surface area contributed by atoms with Crippen LogP contribution in [0, 0.1) is 0 Å². The number of amides is 1. The van der Waals surface area contributed by atoms with E-state index < -0.39 is 20.0 Å². The molecule has 426 valence electrons. The molecule has 0 rings (SSSR count). The van der Waals surface area contributed by atoms with E-state index in [1.165, 1.54) is 173 Å². The Morgan fingerprint density at radius 1 is 0.479 bits per heavy atom. The molecule has 0 spiro atoms. The van der Waals surface area contributed by atoms with Gasteiger partial charge in [-0.2, -0.15) is 0 Å². The molecular weight excluding hydrogens is 924 g/mol. The van der Waals surface area contributed by atoms with Crippen LogP contribution < -0.4 is 5.32 Å². The summed E-state index contributed by atoms with van der Waals surface area (Å²) in [5.74, 6) is -0.143. The summed E-state index contributed by atoms with van der Waals surface area (Å²) in [6.07, 6.45) is 75.5. The minimum atomic E-state index is -4.32. The Bertz CT molecular complexity index is 1420. The van der Waals surface area contributed by atoms with Crippen LogP contribution >= 0.6 is 7.82 Å². The first-order valence-electron chi connectivity index (χ1n) is 30.8. The van der Waals surface area contributed by atoms with Crippen molar-refractivity contribution in [3.8, 4) is 0 Å². The van der Waals surface area contributed by atoms with Crippen LogP contribution in [0.1, 0.15) is 277 Å². The summed E-state index contributed by atoms with van der Waals surface area (Å²) in [5, 5.41) is 14.1. The third-order valence-electron chi connectivity index (χ3n) is 13.7. The highest BCUT2D eigenvalue weighted by Crippen LogP contribution is 2.43. The molecule has 3 atom stereocenters. The molecule has 9 heteroatoms. The third kappa shape index (κ3) is 57.5. The van der Waals surface area contributed by atoms with E-state index >= 15 is 0 Å². The van der Waals surface area contributed by atoms with Gasteiger partial charge in [-0.25, -0.2) is 4.57 Å². The number of aliphatic hydroxyl groups is 1. The second-order valence-corrected chi connectivity index (χ2v) is 23.5. The van der Waals surface area contributed by atoms with Crippen molar-refractivity contribution in [1.82, 2.24) is 5.32 Å². The number of phosphoric acid groups is 1. The Labute approximate surface area is 453 Å². The summed E-state index contributed by atoms with van der Waals surface area (Å²) >= 11 is 0. The van der Waals surface area contributed by atoms with Crippen molar-refractivity contribution in [3.63, 3.8) is 0 Å². The van der Waals surface area contributed by atoms with E-state index in [0.29, 0.717) is 23.9 Å². The number of allylic oxidation sites excluding steroid dienone is 12. The fraction of sp³-hybridized carbons (Fsp3) is 0.797. The Balaban J connectivity index is 3.96. The molecular formula is C64H120N2O6P+. The van der Waals surface area contributed by atoms with Crippen LogP contribution in [0.5, 0.6) is 0 Å². The number of nitrogens with zero attached hydrogens (tertiary/aromatic N) is 1. The normalized spacial score (nSPS) is 14.3. The lowest BCUT2D eigenvalue weighted by atomic mass is 10.0. The molecule has 0 aromatic rings. The molecule has 0 saturated heterocycles. The van der Waals surface area contributed by atoms with E-state index in [-0.39, 0.29) is 19.1 Å². The van der Waals surface area contributed by atoms with Gasteiger partial charge in [0, 0.05) is 6.42 Å². The van der Waals surface area contributed by atoms with Crippen LogP contribution in [0.4, 0.5) is 0 Å². The summed E-state index contributed by atoms with van der Waals surface area (Å²) in [6.45, 7) is 4.79. The number of carbonyl (C=O) groups is 1. The average Bonchev–Trinajstić information content (AvgIpc) is 3.35. The summed E-state index contributed by atoms with van der Waals surface area (Å²) < 4.78 is 23.8. The Morgan fingerprint density at radius 2 is 0.822 bits per heavy atom. The van der Waals surface area contributed by atoms with Gasteiger partial charge in [-0.1, -0.05) is 279 Å². The first-order valence-corrected chi connectivity index (χ1v) is 32.3. The molecule has 0 saturated carbocycles. The maximum atomic E-state index is 13.0. The molecule has 0 bridgehead atoms. The lowest BCUT2D eigenvalue weighted by Crippen LogP contribution is -2.46. The van der Waals surface area contributed by atoms with Crippen LogP contribution in [0.3, 0.4) is 0 Å². The largest absolute Gasteiger partial charge is 0.472 e. The Morgan fingerprint density at radius 3 is 1.21 bits per heavy atom. The van der Waals surface area contributed by atoms with Crippen LogP contribution in [-0.2, 0) is 18.4 Å². The van der Waals surface area contributed by atoms with Gasteiger partial charge in [0.1, 0.15) is 13.2 Å². The van der Waals surface area contributed by atoms with Crippen LogP contribution in [0.2, 0.25) is 0 Å². The maximum Gasteiger partial charge on any atom is 0.472 e. The van der Waals surface area contributed by atoms with Crippen molar-refractivity contribution in [1.29, 1.82) is 0 Å². The maximum absolute atomic E-state index is 13.0. The SMILES string of the molecule is CC/C=C\C/C=C\C/C=C\C/C=C\C/C=C\C/C=C\CCCCCCCCCCCCCCCCCCCCC(=O)NC(COP(=O)(O)OCC[N+](C)(C)C)C(O)CCCCCCCCCCCCCCCC. The number of likely N-dealkylation sites (N-methyl/N-ethyl adjacent to an activating group) is 1. The number of nitrogens with one attached hydrogen (secondary N) is 1. The number of phosphoric ester groups is 1. The van der Waals surface area contributed by atoms with Crippen molar-refractivity contribution in [3.05, 3.63) is 72.9 Å². The number of hydrogen-bond donors (Lipinski definition) is 3. The van der Waals surface area contributed by atoms with E-state index in [4.69, 9.17) is 9.05 Å². The highest BCUT2D eigenvalue weighted by atomic mass is 31.2. The lowest BCUT2D eigenvalue weighted by molar-refractivity contribution is -0.870. The van der Waals surface area contributed by atoms with E-state index in [2.05, 4.69) is 92.1 Å². The molecule has 0 heterocycles. The smallest absolute Gasteiger partial charge is 0.391 e. The number of rotatable bonds is 56. The number of hydrogen-bond acceptors (Lipinski definition) is 5. The van der Waals surface area contributed by atoms with Gasteiger partial charge < -0.3 is 19.8 Å². The molecule has 0 aliphatic carbocycles. The first-order chi connectivity index (χ1) is 35.5. The highest BCUT2D eigenvalue weighted by Gasteiger charge is 2.28. The zero-order valence-corrected chi connectivity index (χ0v) is 49.5. The standard InChI is InChI=1S/C64H119N2O6P/c1-6-8-10-12-14-16-18-20-22-23-24-25-26-27-28-29-30-31-32-33-34-35-36-37-38-39-40-41-42-43-44-46-48-50-52-54-56-58-64(68)65-62(61-72-73(69,70)71-60-59-66(3,4)5)63(67)57-55-53-51-49-47-45-21-19-17-15-13-11-9-7-2/h8,10,14,16,20,22,24-25,27-28,30-31,62-63,67H,6-7,9,11-13,15,17-19,21,23,26,29,32-61H2,1-5H3,(H-,65,68,69,70)/p+1/b10-8-,16-14-,22-20-,25-24-,28-27-,31-30-. The van der Waals surface area contributed by atoms with Crippen molar-refractivity contribution in [2.75, 3.05) is 40.9 Å². The molecule has 8 nitrogen and oxygen atoms in total. The van der Waals surface area contributed by atoms with E-state index in [0.717, 1.165) is 77.0 Å². The topological polar surface area (TPSA) is 105 Å². The molecule has 3 unspecified atom stereocenters. The molecule has 0 radical (unpaired) electrons. The highest BCUT2D eigenvalue weighted by molar-refractivity contribution is 7.47. The molecule has 0 aromatic heterocycles. The summed E-state index contributed by atoms with van der Waals surface area (Å²) in [5.41, 5.74) is 0. The predicted molar refractivity (Wildman–Crippen MR) is 318 cm³/mol. The molecule has 0 aliphatic heterocycles. The van der Waals surface area contributed by atoms with Crippen LogP contribution in [0.25, 0.3) is 0 Å². The van der Waals surface area contributed by atoms with Gasteiger partial charge in [0.25, 0.3) is 0 Å². The van der Waals surface area contributed by atoms with Crippen molar-refractivity contribution >= 4 is 13.7 Å². The van der Waals surface area contributed by atoms with Gasteiger partial charge in [-0.15, -0.1) is 0 Å². The van der Waals surface area contributed by atoms with Crippen LogP contribution in [-0.4, -0.2) is 73.4 Å². The molecule has 0 aromatic carbocycles. The van der Waals surface area contributed by atoms with E-state index in [1.54, 1.807) is 0 Å². The van der Waals surface area contributed by atoms with Crippen molar-refractivity contribution in [2.45, 2.75) is 289 Å². The number of unbranched alkanes of at least 4 members (excludes halogenated alkanes) is 31. The minimum absolute atomic E-state index is 0.0744. The first kappa shape index (κ1) is 70.9. The van der Waals surface area contributed by atoms with Crippen LogP contribution in [0.15, 0.2) is 72.9 Å². The second kappa shape index (κ2) is 54.7. The molecule has 1 amide bonds. The Kier molecular flexibility index (Phi) is 53.2. The van der Waals surface area contributed by atoms with Gasteiger partial charge in [0.15, 0.2) is 0 Å². The van der Waals surface area contributed by atoms with Gasteiger partial charge in [-0.05, 0) is 64.2 Å². The Hall–Kier alpha value is -2.06. The number of quaternary nitrogens is 1. The van der Waals surface area contributed by atoms with Crippen molar-refractivity contribution < 1.29 is 32.9 Å². The van der Waals surface area contributed by atoms with Gasteiger partial charge >= 0.3 is 7.82 Å². The minimum Gasteiger partial charge on any atom is -0.391 e. The van der Waals surface area contributed by atoms with E-state index in [9.17, 15) is 19.4 Å². The number of aliphatic hydroxyl groups excluding tert-OH is 1. The van der Waals surface area contributed by atoms with Gasteiger partial charge in [0.05, 0.1) is 39.9 Å². The van der Waals surface area contributed by atoms with E-state index in [1.807, 2.05) is 21.1 Å². The molecule has 3 N–H and O–H groups in total. The molecule has 0 aliphatic rings. The summed E-state index contributed by atoms with van der Waals surface area (Å²) in [4.78, 5) is 23.3. The average molecular weight is 1040 g/mol. The van der Waals surface area contributed by atoms with Crippen molar-refractivity contribution in [2.24, 2.45) is 0 Å². The fourth-order valence-corrected chi connectivity index (χ4v) is 9.67. The third-order valence-corrected chi connectivity index (χ3v) is 14.7. The summed E-state index contributed by atoms with van der Waals surface area (Å²) in [6, 6.07) is -0.761. The lowest BCUT2D eigenvalue weighted by Gasteiger charge is -2.26. The second-order valence-electron chi connectivity index (χ2n) is 22.1. The fourth-order valence-electron chi connectivity index (χ4n) is 8.93. The molecule has 0 fully saturated rings. The monoisotopic (exact) mass is 1040 g/mol. The predicted octanol–water partition coefficient (Wildman–Crippen LogP) is 19.0. The van der Waals surface area contributed by atoms with Gasteiger partial charge in [-0.3, -0.25) is 13.8 Å². The molecule has 73 heavy (non-hydrogen) atoms. The van der Waals surface area contributed by atoms with Gasteiger partial charge in [0.2, 0.25) is 5.91 Å².